The Morgan fingerprint density at radius 2 is 1.80 bits per heavy atom. The van der Waals surface area contributed by atoms with Crippen LogP contribution >= 0.6 is 0 Å². The van der Waals surface area contributed by atoms with Crippen molar-refractivity contribution in [3.63, 3.8) is 0 Å². The van der Waals surface area contributed by atoms with Crippen molar-refractivity contribution in [3.05, 3.63) is 16.7 Å². The number of imidazole rings is 1. The van der Waals surface area contributed by atoms with Crippen LogP contribution in [0.1, 0.15) is 57.4 Å². The SMILES string of the molecule is CN1C(=O)OC2(CCC(Nc3ncc4c(n3)n(C3CCCC3)c(=O)n4C)CC2)C1=O. The summed E-state index contributed by atoms with van der Waals surface area (Å²) in [5.74, 6) is 0.223. The number of nitrogens with zero attached hydrogens (tertiary/aromatic N) is 5. The predicted octanol–water partition coefficient (Wildman–Crippen LogP) is 1.95. The minimum atomic E-state index is -1.02. The molecule has 2 aliphatic carbocycles. The number of hydrogen-bond acceptors (Lipinski definition) is 7. The van der Waals surface area contributed by atoms with E-state index in [1.165, 1.54) is 7.05 Å². The van der Waals surface area contributed by atoms with Gasteiger partial charge in [-0.1, -0.05) is 12.8 Å². The van der Waals surface area contributed by atoms with Crippen molar-refractivity contribution in [1.29, 1.82) is 0 Å². The second kappa shape index (κ2) is 6.82. The Bertz CT molecular complexity index is 1070. The van der Waals surface area contributed by atoms with Crippen LogP contribution in [0.2, 0.25) is 0 Å². The van der Waals surface area contributed by atoms with Crippen molar-refractivity contribution in [1.82, 2.24) is 24.0 Å². The molecule has 1 N–H and O–H groups in total. The van der Waals surface area contributed by atoms with Crippen LogP contribution in [0.5, 0.6) is 0 Å². The highest BCUT2D eigenvalue weighted by molar-refractivity contribution is 6.02. The fraction of sp³-hybridized carbons (Fsp3) is 0.650. The first kappa shape index (κ1) is 19.1. The Hall–Kier alpha value is -2.91. The molecule has 3 fully saturated rings. The average molecular weight is 414 g/mol. The number of anilines is 1. The summed E-state index contributed by atoms with van der Waals surface area (Å²) < 4.78 is 8.82. The molecular weight excluding hydrogens is 388 g/mol. The van der Waals surface area contributed by atoms with Gasteiger partial charge >= 0.3 is 11.8 Å². The van der Waals surface area contributed by atoms with E-state index in [0.29, 0.717) is 37.3 Å². The lowest BCUT2D eigenvalue weighted by molar-refractivity contribution is -0.138. The summed E-state index contributed by atoms with van der Waals surface area (Å²) in [7, 11) is 3.21. The third kappa shape index (κ3) is 2.80. The van der Waals surface area contributed by atoms with Gasteiger partial charge in [0.25, 0.3) is 5.91 Å². The molecule has 0 bridgehead atoms. The molecule has 30 heavy (non-hydrogen) atoms. The highest BCUT2D eigenvalue weighted by Crippen LogP contribution is 2.38. The van der Waals surface area contributed by atoms with E-state index in [4.69, 9.17) is 4.74 Å². The van der Waals surface area contributed by atoms with Crippen LogP contribution < -0.4 is 11.0 Å². The third-order valence-corrected chi connectivity index (χ3v) is 6.90. The standard InChI is InChI=1S/C20H26N6O4/c1-24-14-11-21-17(23-15(14)26(18(24)28)13-5-3-4-6-13)22-12-7-9-20(10-8-12)16(27)25(2)19(29)30-20/h11-13H,3-10H2,1-2H3,(H,21,22,23). The zero-order valence-electron chi connectivity index (χ0n) is 17.3. The van der Waals surface area contributed by atoms with E-state index in [1.807, 2.05) is 4.57 Å². The number of aryl methyl sites for hydroxylation is 1. The van der Waals surface area contributed by atoms with E-state index < -0.39 is 11.7 Å². The minimum absolute atomic E-state index is 0.0476. The molecule has 0 unspecified atom stereocenters. The number of amides is 2. The molecule has 2 aromatic heterocycles. The van der Waals surface area contributed by atoms with Crippen LogP contribution in [0.25, 0.3) is 11.2 Å². The van der Waals surface area contributed by atoms with Crippen LogP contribution in [0.4, 0.5) is 10.7 Å². The van der Waals surface area contributed by atoms with Gasteiger partial charge in [0.2, 0.25) is 5.95 Å². The van der Waals surface area contributed by atoms with Crippen molar-refractivity contribution in [2.24, 2.45) is 7.05 Å². The molecule has 1 saturated heterocycles. The highest BCUT2D eigenvalue weighted by Gasteiger charge is 2.53. The van der Waals surface area contributed by atoms with E-state index in [9.17, 15) is 14.4 Å². The Kier molecular flexibility index (Phi) is 4.33. The molecule has 1 spiro atoms. The van der Waals surface area contributed by atoms with Gasteiger partial charge in [-0.3, -0.25) is 13.9 Å². The first-order valence-corrected chi connectivity index (χ1v) is 10.6. The first-order chi connectivity index (χ1) is 14.4. The predicted molar refractivity (Wildman–Crippen MR) is 108 cm³/mol. The lowest BCUT2D eigenvalue weighted by Crippen LogP contribution is -2.45. The smallest absolute Gasteiger partial charge is 0.417 e. The first-order valence-electron chi connectivity index (χ1n) is 10.6. The summed E-state index contributed by atoms with van der Waals surface area (Å²) >= 11 is 0. The molecule has 3 heterocycles. The van der Waals surface area contributed by atoms with Gasteiger partial charge in [0.1, 0.15) is 5.52 Å². The van der Waals surface area contributed by atoms with Crippen LogP contribution in [0, 0.1) is 0 Å². The molecular formula is C20H26N6O4. The van der Waals surface area contributed by atoms with Crippen molar-refractivity contribution < 1.29 is 14.3 Å². The van der Waals surface area contributed by atoms with E-state index in [2.05, 4.69) is 15.3 Å². The molecule has 0 radical (unpaired) electrons. The van der Waals surface area contributed by atoms with Crippen LogP contribution in [0.15, 0.2) is 11.0 Å². The summed E-state index contributed by atoms with van der Waals surface area (Å²) in [6, 6.07) is 0.263. The van der Waals surface area contributed by atoms with Crippen LogP contribution in [-0.2, 0) is 16.6 Å². The van der Waals surface area contributed by atoms with Gasteiger partial charge in [-0.2, -0.15) is 4.98 Å². The van der Waals surface area contributed by atoms with Crippen molar-refractivity contribution in [2.75, 3.05) is 12.4 Å². The normalized spacial score (nSPS) is 27.4. The van der Waals surface area contributed by atoms with Crippen molar-refractivity contribution in [2.45, 2.75) is 69.1 Å². The Morgan fingerprint density at radius 3 is 2.43 bits per heavy atom. The molecule has 3 aliphatic rings. The fourth-order valence-corrected chi connectivity index (χ4v) is 5.09. The summed E-state index contributed by atoms with van der Waals surface area (Å²) in [4.78, 5) is 47.1. The van der Waals surface area contributed by atoms with Gasteiger partial charge in [0, 0.05) is 26.2 Å². The Morgan fingerprint density at radius 1 is 1.10 bits per heavy atom. The maximum Gasteiger partial charge on any atom is 0.417 e. The molecule has 160 valence electrons. The number of likely N-dealkylation sites (N-methyl/N-ethyl adjacent to an activating group) is 1. The molecule has 2 saturated carbocycles. The van der Waals surface area contributed by atoms with E-state index in [1.54, 1.807) is 17.8 Å². The lowest BCUT2D eigenvalue weighted by atomic mass is 9.81. The average Bonchev–Trinajstić information content (AvgIpc) is 3.40. The van der Waals surface area contributed by atoms with Crippen molar-refractivity contribution >= 4 is 29.1 Å². The Balaban J connectivity index is 1.35. The second-order valence-electron chi connectivity index (χ2n) is 8.70. The third-order valence-electron chi connectivity index (χ3n) is 6.90. The Labute approximate surface area is 173 Å². The van der Waals surface area contributed by atoms with Gasteiger partial charge in [-0.05, 0) is 38.5 Å². The largest absolute Gasteiger partial charge is 0.432 e. The fourth-order valence-electron chi connectivity index (χ4n) is 5.09. The molecule has 1 aliphatic heterocycles. The monoisotopic (exact) mass is 414 g/mol. The van der Waals surface area contributed by atoms with Crippen molar-refractivity contribution in [3.8, 4) is 0 Å². The molecule has 0 atom stereocenters. The van der Waals surface area contributed by atoms with Gasteiger partial charge in [0.05, 0.1) is 6.20 Å². The van der Waals surface area contributed by atoms with Crippen LogP contribution in [-0.4, -0.2) is 54.7 Å². The lowest BCUT2D eigenvalue weighted by Gasteiger charge is -2.33. The number of carbonyl (C=O) groups is 2. The maximum absolute atomic E-state index is 12.8. The number of hydrogen-bond donors (Lipinski definition) is 1. The number of imide groups is 1. The number of carbonyl (C=O) groups excluding carboxylic acids is 2. The van der Waals surface area contributed by atoms with Gasteiger partial charge in [0.15, 0.2) is 11.2 Å². The van der Waals surface area contributed by atoms with E-state index in [0.717, 1.165) is 36.1 Å². The number of nitrogens with one attached hydrogen (secondary N) is 1. The second-order valence-corrected chi connectivity index (χ2v) is 8.70. The summed E-state index contributed by atoms with van der Waals surface area (Å²) in [6.07, 6.45) is 7.65. The minimum Gasteiger partial charge on any atom is -0.432 e. The van der Waals surface area contributed by atoms with E-state index in [-0.39, 0.29) is 23.7 Å². The topological polar surface area (TPSA) is 111 Å². The molecule has 5 rings (SSSR count). The molecule has 0 aromatic carbocycles. The number of ether oxygens (including phenoxy) is 1. The molecule has 10 nitrogen and oxygen atoms in total. The number of rotatable bonds is 3. The van der Waals surface area contributed by atoms with Gasteiger partial charge in [-0.15, -0.1) is 0 Å². The molecule has 10 heteroatoms. The highest BCUT2D eigenvalue weighted by atomic mass is 16.6. The summed E-state index contributed by atoms with van der Waals surface area (Å²) in [6.45, 7) is 0. The van der Waals surface area contributed by atoms with Gasteiger partial charge < -0.3 is 10.1 Å². The number of fused-ring (bicyclic) bond motifs is 1. The molecule has 2 amide bonds. The number of aromatic nitrogens is 4. The van der Waals surface area contributed by atoms with Gasteiger partial charge in [-0.25, -0.2) is 19.5 Å². The maximum atomic E-state index is 12.8. The quantitative estimate of drug-likeness (QED) is 0.817. The van der Waals surface area contributed by atoms with E-state index >= 15 is 0 Å². The molecule has 2 aromatic rings. The summed E-state index contributed by atoms with van der Waals surface area (Å²) in [5, 5.41) is 3.35. The zero-order chi connectivity index (χ0) is 21.0. The zero-order valence-corrected chi connectivity index (χ0v) is 17.3. The summed E-state index contributed by atoms with van der Waals surface area (Å²) in [5.41, 5.74) is 0.331. The van der Waals surface area contributed by atoms with Crippen LogP contribution in [0.3, 0.4) is 0 Å².